The van der Waals surface area contributed by atoms with Gasteiger partial charge in [0.1, 0.15) is 17.2 Å². The Kier molecular flexibility index (Phi) is 2.52. The summed E-state index contributed by atoms with van der Waals surface area (Å²) >= 11 is 3.23. The van der Waals surface area contributed by atoms with E-state index >= 15 is 0 Å². The molecule has 4 heteroatoms. The molecule has 3 nitrogen and oxygen atoms in total. The number of phenolic OH excluding ortho intramolecular Hbond substituents is 1. The number of aromatic hydroxyl groups is 1. The van der Waals surface area contributed by atoms with E-state index in [1.807, 2.05) is 13.0 Å². The molecule has 78 valence electrons. The molecule has 0 bridgehead atoms. The minimum atomic E-state index is 0.201. The number of nitrogens with zero attached hydrogens (tertiary/aromatic N) is 1. The number of rotatable bonds is 1. The lowest BCUT2D eigenvalue weighted by Crippen LogP contribution is -1.81. The number of aromatic nitrogens is 1. The van der Waals surface area contributed by atoms with E-state index in [9.17, 15) is 5.11 Å². The van der Waals surface area contributed by atoms with Gasteiger partial charge in [0.2, 0.25) is 0 Å². The highest BCUT2D eigenvalue weighted by Gasteiger charge is 2.10. The number of oxazole rings is 1. The maximum atomic E-state index is 9.55. The van der Waals surface area contributed by atoms with Crippen LogP contribution in [0.4, 0.5) is 0 Å². The summed E-state index contributed by atoms with van der Waals surface area (Å²) in [6.07, 6.45) is 0. The number of phenols is 1. The van der Waals surface area contributed by atoms with E-state index in [2.05, 4.69) is 20.9 Å². The van der Waals surface area contributed by atoms with Crippen molar-refractivity contribution >= 4 is 15.9 Å². The van der Waals surface area contributed by atoms with Gasteiger partial charge in [0.25, 0.3) is 0 Å². The van der Waals surface area contributed by atoms with E-state index in [-0.39, 0.29) is 5.75 Å². The molecule has 0 saturated heterocycles. The first-order valence-corrected chi connectivity index (χ1v) is 5.30. The first-order chi connectivity index (χ1) is 7.08. The summed E-state index contributed by atoms with van der Waals surface area (Å²) in [7, 11) is 0. The van der Waals surface area contributed by atoms with Gasteiger partial charge in [-0.25, -0.2) is 4.98 Å². The van der Waals surface area contributed by atoms with Gasteiger partial charge in [-0.05, 0) is 35.0 Å². The van der Waals surface area contributed by atoms with Crippen LogP contribution in [0.3, 0.4) is 0 Å². The third-order valence-electron chi connectivity index (χ3n) is 2.12. The number of halogens is 1. The molecule has 1 heterocycles. The second kappa shape index (κ2) is 3.70. The Bertz CT molecular complexity index is 505. The molecule has 0 fully saturated rings. The molecule has 2 aromatic rings. The van der Waals surface area contributed by atoms with Crippen LogP contribution in [0, 0.1) is 13.8 Å². The van der Waals surface area contributed by atoms with Gasteiger partial charge in [-0.1, -0.05) is 6.07 Å². The molecule has 0 aliphatic carbocycles. The van der Waals surface area contributed by atoms with Crippen LogP contribution in [0.1, 0.15) is 11.7 Å². The molecule has 1 aromatic heterocycles. The van der Waals surface area contributed by atoms with Crippen molar-refractivity contribution in [1.29, 1.82) is 0 Å². The summed E-state index contributed by atoms with van der Waals surface area (Å²) in [6, 6.07) is 5.33. The zero-order chi connectivity index (χ0) is 11.0. The van der Waals surface area contributed by atoms with E-state index in [0.29, 0.717) is 10.4 Å². The Labute approximate surface area is 95.9 Å². The van der Waals surface area contributed by atoms with E-state index in [1.165, 1.54) is 0 Å². The van der Waals surface area contributed by atoms with Crippen LogP contribution in [0.5, 0.6) is 5.75 Å². The lowest BCUT2D eigenvalue weighted by Gasteiger charge is -2.00. The fourth-order valence-corrected chi connectivity index (χ4v) is 1.70. The highest BCUT2D eigenvalue weighted by atomic mass is 79.9. The number of hydrogen-bond donors (Lipinski definition) is 1. The molecule has 0 aliphatic heterocycles. The molecule has 0 saturated carbocycles. The molecule has 0 radical (unpaired) electrons. The number of benzene rings is 1. The minimum absolute atomic E-state index is 0.201. The molecule has 0 aliphatic rings. The van der Waals surface area contributed by atoms with Crippen molar-refractivity contribution in [3.8, 4) is 17.0 Å². The molecule has 0 spiro atoms. The van der Waals surface area contributed by atoms with Crippen LogP contribution in [0.25, 0.3) is 11.3 Å². The molecule has 0 unspecified atom stereocenters. The molecule has 0 amide bonds. The summed E-state index contributed by atoms with van der Waals surface area (Å²) < 4.78 is 6.01. The van der Waals surface area contributed by atoms with E-state index in [1.54, 1.807) is 19.1 Å². The topological polar surface area (TPSA) is 46.3 Å². The summed E-state index contributed by atoms with van der Waals surface area (Å²) in [4.78, 5) is 4.26. The lowest BCUT2D eigenvalue weighted by atomic mass is 10.1. The maximum absolute atomic E-state index is 9.55. The minimum Gasteiger partial charge on any atom is -0.507 e. The molecule has 15 heavy (non-hydrogen) atoms. The Balaban J connectivity index is 2.54. The van der Waals surface area contributed by atoms with E-state index in [4.69, 9.17) is 4.42 Å². The molecular formula is C11H10BrNO2. The van der Waals surface area contributed by atoms with Crippen LogP contribution in [-0.2, 0) is 0 Å². The van der Waals surface area contributed by atoms with Crippen molar-refractivity contribution < 1.29 is 9.52 Å². The molecule has 1 N–H and O–H groups in total. The monoisotopic (exact) mass is 267 g/mol. The second-order valence-electron chi connectivity index (χ2n) is 3.30. The lowest BCUT2D eigenvalue weighted by molar-refractivity contribution is 0.472. The number of hydrogen-bond acceptors (Lipinski definition) is 3. The fourth-order valence-electron chi connectivity index (χ4n) is 1.46. The van der Waals surface area contributed by atoms with Crippen LogP contribution < -0.4 is 0 Å². The average molecular weight is 268 g/mol. The van der Waals surface area contributed by atoms with Gasteiger partial charge in [0.15, 0.2) is 5.89 Å². The Morgan fingerprint density at radius 3 is 2.60 bits per heavy atom. The Morgan fingerprint density at radius 1 is 1.33 bits per heavy atom. The van der Waals surface area contributed by atoms with Gasteiger partial charge in [0, 0.05) is 12.5 Å². The predicted molar refractivity (Wildman–Crippen MR) is 60.8 cm³/mol. The first kappa shape index (κ1) is 10.2. The normalized spacial score (nSPS) is 10.6. The highest BCUT2D eigenvalue weighted by molar-refractivity contribution is 9.10. The molecule has 0 atom stereocenters. The number of aryl methyl sites for hydroxylation is 2. The summed E-state index contributed by atoms with van der Waals surface area (Å²) in [6.45, 7) is 3.66. The molecule has 2 rings (SSSR count). The van der Waals surface area contributed by atoms with Crippen LogP contribution in [-0.4, -0.2) is 10.1 Å². The van der Waals surface area contributed by atoms with E-state index < -0.39 is 0 Å². The quantitative estimate of drug-likeness (QED) is 0.861. The van der Waals surface area contributed by atoms with Gasteiger partial charge < -0.3 is 9.52 Å². The van der Waals surface area contributed by atoms with Crippen molar-refractivity contribution in [2.75, 3.05) is 0 Å². The first-order valence-electron chi connectivity index (χ1n) is 4.51. The van der Waals surface area contributed by atoms with Crippen LogP contribution >= 0.6 is 15.9 Å². The zero-order valence-corrected chi connectivity index (χ0v) is 10.00. The van der Waals surface area contributed by atoms with Crippen LogP contribution in [0.2, 0.25) is 0 Å². The SMILES string of the molecule is Cc1nc(-c2ccc(Br)c(O)c2)c(C)o1. The summed E-state index contributed by atoms with van der Waals surface area (Å²) in [5.74, 6) is 1.59. The largest absolute Gasteiger partial charge is 0.507 e. The van der Waals surface area contributed by atoms with Crippen molar-refractivity contribution in [2.24, 2.45) is 0 Å². The smallest absolute Gasteiger partial charge is 0.191 e. The van der Waals surface area contributed by atoms with E-state index in [0.717, 1.165) is 17.0 Å². The third-order valence-corrected chi connectivity index (χ3v) is 2.79. The van der Waals surface area contributed by atoms with Gasteiger partial charge in [0.05, 0.1) is 4.47 Å². The van der Waals surface area contributed by atoms with Crippen molar-refractivity contribution in [3.05, 3.63) is 34.3 Å². The van der Waals surface area contributed by atoms with Crippen LogP contribution in [0.15, 0.2) is 27.1 Å². The van der Waals surface area contributed by atoms with Crippen molar-refractivity contribution in [3.63, 3.8) is 0 Å². The van der Waals surface area contributed by atoms with Crippen molar-refractivity contribution in [1.82, 2.24) is 4.98 Å². The van der Waals surface area contributed by atoms with Crippen molar-refractivity contribution in [2.45, 2.75) is 13.8 Å². The summed E-state index contributed by atoms with van der Waals surface area (Å²) in [5.41, 5.74) is 1.63. The third kappa shape index (κ3) is 1.90. The highest BCUT2D eigenvalue weighted by Crippen LogP contribution is 2.30. The van der Waals surface area contributed by atoms with Gasteiger partial charge in [-0.3, -0.25) is 0 Å². The Hall–Kier alpha value is -1.29. The zero-order valence-electron chi connectivity index (χ0n) is 8.41. The van der Waals surface area contributed by atoms with Gasteiger partial charge in [-0.2, -0.15) is 0 Å². The summed E-state index contributed by atoms with van der Waals surface area (Å²) in [5, 5.41) is 9.55. The maximum Gasteiger partial charge on any atom is 0.191 e. The fraction of sp³-hybridized carbons (Fsp3) is 0.182. The van der Waals surface area contributed by atoms with Gasteiger partial charge >= 0.3 is 0 Å². The molecular weight excluding hydrogens is 258 g/mol. The predicted octanol–water partition coefficient (Wildman–Crippen LogP) is 3.43. The van der Waals surface area contributed by atoms with Gasteiger partial charge in [-0.15, -0.1) is 0 Å². The molecule has 1 aromatic carbocycles. The second-order valence-corrected chi connectivity index (χ2v) is 4.16. The standard InChI is InChI=1S/C11H10BrNO2/c1-6-11(13-7(2)15-6)8-3-4-9(12)10(14)5-8/h3-5,14H,1-2H3. The Morgan fingerprint density at radius 2 is 2.07 bits per heavy atom. The average Bonchev–Trinajstić information content (AvgIpc) is 2.50.